The van der Waals surface area contributed by atoms with Crippen molar-refractivity contribution in [3.05, 3.63) is 110 Å². The number of ether oxygens (including phenoxy) is 1. The Labute approximate surface area is 217 Å². The van der Waals surface area contributed by atoms with Crippen molar-refractivity contribution in [2.75, 3.05) is 6.61 Å². The zero-order valence-electron chi connectivity index (χ0n) is 21.5. The molecule has 0 fully saturated rings. The molecule has 0 aliphatic carbocycles. The lowest BCUT2D eigenvalue weighted by molar-refractivity contribution is 0.0523. The van der Waals surface area contributed by atoms with Crippen LogP contribution in [0.2, 0.25) is 0 Å². The van der Waals surface area contributed by atoms with Crippen molar-refractivity contribution in [1.82, 2.24) is 14.0 Å². The third-order valence-electron chi connectivity index (χ3n) is 6.46. The number of furan rings is 1. The molecule has 0 saturated carbocycles. The van der Waals surface area contributed by atoms with Crippen LogP contribution in [0.15, 0.2) is 75.2 Å². The predicted molar refractivity (Wildman–Crippen MR) is 141 cm³/mol. The molecule has 0 saturated heterocycles. The average molecular weight is 511 g/mol. The number of pyridine rings is 2. The number of nitrogens with zero attached hydrogens (tertiary/aromatic N) is 4. The van der Waals surface area contributed by atoms with Crippen LogP contribution in [0.5, 0.6) is 0 Å². The van der Waals surface area contributed by atoms with Gasteiger partial charge in [-0.1, -0.05) is 12.1 Å². The average Bonchev–Trinajstić information content (AvgIpc) is 3.41. The first-order valence-corrected chi connectivity index (χ1v) is 12.2. The fraction of sp³-hybridized carbons (Fsp3) is 0.207. The number of fused-ring (bicyclic) bond motifs is 2. The standard InChI is InChI=1S/C29H26N4O5/c1-5-37-29(36)23-15-22-25(30-24-18(3)8-6-12-32(24)28(22)35)33(16-21-9-7-13-38-21)26(23)31-27(34)20-11-10-17(2)19(4)14-20/h6-15H,5,16H2,1-4H3. The lowest BCUT2D eigenvalue weighted by Gasteiger charge is -2.15. The molecule has 4 aromatic heterocycles. The smallest absolute Gasteiger partial charge is 0.341 e. The van der Waals surface area contributed by atoms with Gasteiger partial charge in [0.05, 0.1) is 24.8 Å². The summed E-state index contributed by atoms with van der Waals surface area (Å²) in [5.74, 6) is -0.720. The van der Waals surface area contributed by atoms with Gasteiger partial charge in [0.1, 0.15) is 22.6 Å². The highest BCUT2D eigenvalue weighted by Gasteiger charge is 2.21. The molecule has 0 N–H and O–H groups in total. The number of esters is 1. The van der Waals surface area contributed by atoms with Crippen LogP contribution >= 0.6 is 0 Å². The lowest BCUT2D eigenvalue weighted by Crippen LogP contribution is -2.33. The van der Waals surface area contributed by atoms with E-state index in [4.69, 9.17) is 14.1 Å². The van der Waals surface area contributed by atoms with Gasteiger partial charge in [0.25, 0.3) is 11.5 Å². The molecule has 0 unspecified atom stereocenters. The highest BCUT2D eigenvalue weighted by atomic mass is 16.5. The molecule has 5 rings (SSSR count). The van der Waals surface area contributed by atoms with E-state index in [-0.39, 0.29) is 40.8 Å². The summed E-state index contributed by atoms with van der Waals surface area (Å²) in [6.45, 7) is 7.58. The Morgan fingerprint density at radius 1 is 1.00 bits per heavy atom. The van der Waals surface area contributed by atoms with E-state index >= 15 is 0 Å². The van der Waals surface area contributed by atoms with E-state index in [1.165, 1.54) is 16.7 Å². The number of rotatable bonds is 5. The summed E-state index contributed by atoms with van der Waals surface area (Å²) in [7, 11) is 0. The van der Waals surface area contributed by atoms with E-state index in [1.807, 2.05) is 32.9 Å². The third-order valence-corrected chi connectivity index (χ3v) is 6.46. The van der Waals surface area contributed by atoms with Gasteiger partial charge in [-0.2, -0.15) is 4.99 Å². The summed E-state index contributed by atoms with van der Waals surface area (Å²) in [5.41, 5.74) is 3.50. The van der Waals surface area contributed by atoms with Gasteiger partial charge in [-0.25, -0.2) is 9.78 Å². The molecular weight excluding hydrogens is 484 g/mol. The maximum atomic E-state index is 13.6. The van der Waals surface area contributed by atoms with Crippen molar-refractivity contribution in [2.45, 2.75) is 34.2 Å². The van der Waals surface area contributed by atoms with E-state index in [0.29, 0.717) is 17.0 Å². The van der Waals surface area contributed by atoms with Gasteiger partial charge >= 0.3 is 5.97 Å². The molecule has 0 aliphatic rings. The Morgan fingerprint density at radius 2 is 1.82 bits per heavy atom. The van der Waals surface area contributed by atoms with Crippen LogP contribution in [0.4, 0.5) is 0 Å². The van der Waals surface area contributed by atoms with Crippen LogP contribution in [0.25, 0.3) is 16.7 Å². The van der Waals surface area contributed by atoms with Crippen LogP contribution in [0.3, 0.4) is 0 Å². The Hall–Kier alpha value is -4.79. The van der Waals surface area contributed by atoms with Crippen LogP contribution in [0, 0.1) is 20.8 Å². The van der Waals surface area contributed by atoms with Gasteiger partial charge in [-0.15, -0.1) is 0 Å². The number of aromatic nitrogens is 3. The Bertz CT molecular complexity index is 1850. The lowest BCUT2D eigenvalue weighted by atomic mass is 10.1. The molecule has 0 spiro atoms. The summed E-state index contributed by atoms with van der Waals surface area (Å²) in [4.78, 5) is 49.3. The second kappa shape index (κ2) is 9.93. The predicted octanol–water partition coefficient (Wildman–Crippen LogP) is 4.13. The molecule has 4 heterocycles. The van der Waals surface area contributed by atoms with Crippen molar-refractivity contribution in [1.29, 1.82) is 0 Å². The molecule has 0 atom stereocenters. The summed E-state index contributed by atoms with van der Waals surface area (Å²) in [6, 6.07) is 13.8. The number of hydrogen-bond acceptors (Lipinski definition) is 6. The SMILES string of the molecule is CCOC(=O)c1cc2c(=O)n3cccc(C)c3nc2n(Cc2ccco2)c1=NC(=O)c1ccc(C)c(C)c1. The first-order chi connectivity index (χ1) is 18.3. The Kier molecular flexibility index (Phi) is 6.50. The van der Waals surface area contributed by atoms with E-state index < -0.39 is 11.9 Å². The topological polar surface area (TPSA) is 108 Å². The summed E-state index contributed by atoms with van der Waals surface area (Å²) in [6.07, 6.45) is 3.14. The van der Waals surface area contributed by atoms with Crippen molar-refractivity contribution >= 4 is 28.6 Å². The number of hydrogen-bond donors (Lipinski definition) is 0. The molecule has 192 valence electrons. The van der Waals surface area contributed by atoms with Gasteiger partial charge in [-0.3, -0.25) is 14.0 Å². The van der Waals surface area contributed by atoms with Crippen molar-refractivity contribution in [3.8, 4) is 0 Å². The summed E-state index contributed by atoms with van der Waals surface area (Å²) in [5, 5.41) is 0.181. The molecule has 9 nitrogen and oxygen atoms in total. The quantitative estimate of drug-likeness (QED) is 0.260. The van der Waals surface area contributed by atoms with Crippen molar-refractivity contribution in [3.63, 3.8) is 0 Å². The van der Waals surface area contributed by atoms with Gasteiger partial charge in [-0.05, 0) is 80.8 Å². The number of carbonyl (C=O) groups excluding carboxylic acids is 2. The third kappa shape index (κ3) is 4.43. The second-order valence-corrected chi connectivity index (χ2v) is 9.02. The van der Waals surface area contributed by atoms with Gasteiger partial charge in [0, 0.05) is 11.8 Å². The Morgan fingerprint density at radius 3 is 2.53 bits per heavy atom. The largest absolute Gasteiger partial charge is 0.467 e. The first-order valence-electron chi connectivity index (χ1n) is 12.2. The number of carbonyl (C=O) groups is 2. The minimum Gasteiger partial charge on any atom is -0.467 e. The van der Waals surface area contributed by atoms with Gasteiger partial charge in [0.15, 0.2) is 5.49 Å². The molecule has 1 aromatic carbocycles. The second-order valence-electron chi connectivity index (χ2n) is 9.02. The van der Waals surface area contributed by atoms with Crippen LogP contribution in [-0.4, -0.2) is 32.4 Å². The van der Waals surface area contributed by atoms with E-state index in [2.05, 4.69) is 4.99 Å². The first kappa shape index (κ1) is 24.9. The molecule has 0 aliphatic heterocycles. The normalized spacial score (nSPS) is 11.8. The Balaban J connectivity index is 1.91. The summed E-state index contributed by atoms with van der Waals surface area (Å²) >= 11 is 0. The molecule has 38 heavy (non-hydrogen) atoms. The van der Waals surface area contributed by atoms with Crippen LogP contribution < -0.4 is 11.0 Å². The fourth-order valence-corrected chi connectivity index (χ4v) is 4.31. The van der Waals surface area contributed by atoms with Crippen molar-refractivity contribution in [2.24, 2.45) is 4.99 Å². The highest BCUT2D eigenvalue weighted by molar-refractivity contribution is 5.97. The number of aryl methyl sites for hydroxylation is 3. The van der Waals surface area contributed by atoms with Gasteiger partial charge < -0.3 is 13.7 Å². The molecule has 0 bridgehead atoms. The molecule has 0 radical (unpaired) electrons. The van der Waals surface area contributed by atoms with E-state index in [9.17, 15) is 14.4 Å². The van der Waals surface area contributed by atoms with E-state index in [0.717, 1.165) is 16.7 Å². The van der Waals surface area contributed by atoms with E-state index in [1.54, 1.807) is 48.0 Å². The minimum atomic E-state index is -0.706. The zero-order valence-corrected chi connectivity index (χ0v) is 21.5. The van der Waals surface area contributed by atoms with Crippen LogP contribution in [-0.2, 0) is 11.3 Å². The summed E-state index contributed by atoms with van der Waals surface area (Å²) < 4.78 is 13.9. The maximum absolute atomic E-state index is 13.6. The fourth-order valence-electron chi connectivity index (χ4n) is 4.31. The maximum Gasteiger partial charge on any atom is 0.341 e. The monoisotopic (exact) mass is 510 g/mol. The number of benzene rings is 1. The molecule has 9 heteroatoms. The minimum absolute atomic E-state index is 0.0189. The highest BCUT2D eigenvalue weighted by Crippen LogP contribution is 2.16. The zero-order chi connectivity index (χ0) is 27.0. The molecule has 1 amide bonds. The molecule has 5 aromatic rings. The van der Waals surface area contributed by atoms with Gasteiger partial charge in [0.2, 0.25) is 0 Å². The number of amides is 1. The van der Waals surface area contributed by atoms with Crippen molar-refractivity contribution < 1.29 is 18.7 Å². The van der Waals surface area contributed by atoms with Crippen LogP contribution in [0.1, 0.15) is 50.1 Å². The molecular formula is C29H26N4O5.